The molecule has 1 heterocycles. The van der Waals surface area contributed by atoms with Gasteiger partial charge >= 0.3 is 0 Å². The average Bonchev–Trinajstić information content (AvgIpc) is 2.29. The van der Waals surface area contributed by atoms with Gasteiger partial charge in [-0.25, -0.2) is 0 Å². The second kappa shape index (κ2) is 6.59. The third-order valence-electron chi connectivity index (χ3n) is 3.17. The van der Waals surface area contributed by atoms with E-state index in [1.165, 1.54) is 0 Å². The molecule has 0 aromatic rings. The summed E-state index contributed by atoms with van der Waals surface area (Å²) in [5.74, 6) is 0.203. The van der Waals surface area contributed by atoms with Crippen LogP contribution in [0.3, 0.4) is 0 Å². The number of hydrogen-bond acceptors (Lipinski definition) is 3. The van der Waals surface area contributed by atoms with Crippen molar-refractivity contribution in [2.45, 2.75) is 39.2 Å². The Morgan fingerprint density at radius 2 is 1.71 bits per heavy atom. The summed E-state index contributed by atoms with van der Waals surface area (Å²) in [6.07, 6.45) is 2.32. The summed E-state index contributed by atoms with van der Waals surface area (Å²) in [6, 6.07) is -0.0293. The first-order valence-electron chi connectivity index (χ1n) is 6.33. The van der Waals surface area contributed by atoms with E-state index < -0.39 is 0 Å². The van der Waals surface area contributed by atoms with Gasteiger partial charge in [-0.15, -0.1) is 0 Å². The Labute approximate surface area is 103 Å². The van der Waals surface area contributed by atoms with Crippen LogP contribution in [-0.4, -0.2) is 53.8 Å². The van der Waals surface area contributed by atoms with Gasteiger partial charge in [-0.3, -0.25) is 9.59 Å². The molecule has 2 N–H and O–H groups in total. The van der Waals surface area contributed by atoms with Gasteiger partial charge in [-0.05, 0) is 6.42 Å². The summed E-state index contributed by atoms with van der Waals surface area (Å²) >= 11 is 0. The lowest BCUT2D eigenvalue weighted by Crippen LogP contribution is -2.50. The molecule has 0 spiro atoms. The molecule has 1 rings (SSSR count). The van der Waals surface area contributed by atoms with Crippen molar-refractivity contribution in [1.29, 1.82) is 0 Å². The number of amides is 2. The molecule has 1 unspecified atom stereocenters. The number of piperazine rings is 1. The van der Waals surface area contributed by atoms with Gasteiger partial charge in [0.15, 0.2) is 0 Å². The molecule has 17 heavy (non-hydrogen) atoms. The summed E-state index contributed by atoms with van der Waals surface area (Å²) < 4.78 is 0. The summed E-state index contributed by atoms with van der Waals surface area (Å²) in [4.78, 5) is 26.6. The topological polar surface area (TPSA) is 66.6 Å². The Bertz CT molecular complexity index is 273. The number of nitrogens with zero attached hydrogens (tertiary/aromatic N) is 2. The van der Waals surface area contributed by atoms with Crippen molar-refractivity contribution >= 4 is 11.8 Å². The van der Waals surface area contributed by atoms with E-state index in [1.807, 2.05) is 4.90 Å². The highest BCUT2D eigenvalue weighted by molar-refractivity contribution is 5.78. The van der Waals surface area contributed by atoms with E-state index in [-0.39, 0.29) is 17.9 Å². The van der Waals surface area contributed by atoms with E-state index in [9.17, 15) is 9.59 Å². The van der Waals surface area contributed by atoms with Gasteiger partial charge in [0.1, 0.15) is 0 Å². The SMILES string of the molecule is CCCC(N)CC(=O)N1CCN(C(C)=O)CC1. The molecule has 0 aromatic heterocycles. The first-order valence-corrected chi connectivity index (χ1v) is 6.33. The second-order valence-corrected chi connectivity index (χ2v) is 4.64. The zero-order valence-electron chi connectivity index (χ0n) is 10.8. The van der Waals surface area contributed by atoms with Crippen molar-refractivity contribution < 1.29 is 9.59 Å². The average molecular weight is 241 g/mol. The molecular weight excluding hydrogens is 218 g/mol. The molecule has 1 atom stereocenters. The maximum Gasteiger partial charge on any atom is 0.224 e. The molecule has 1 aliphatic rings. The molecule has 98 valence electrons. The van der Waals surface area contributed by atoms with E-state index >= 15 is 0 Å². The number of hydrogen-bond donors (Lipinski definition) is 1. The van der Waals surface area contributed by atoms with E-state index in [0.717, 1.165) is 12.8 Å². The van der Waals surface area contributed by atoms with Crippen LogP contribution < -0.4 is 5.73 Å². The fraction of sp³-hybridized carbons (Fsp3) is 0.833. The lowest BCUT2D eigenvalue weighted by atomic mass is 10.1. The fourth-order valence-corrected chi connectivity index (χ4v) is 2.10. The van der Waals surface area contributed by atoms with Crippen molar-refractivity contribution in [3.05, 3.63) is 0 Å². The van der Waals surface area contributed by atoms with Crippen molar-refractivity contribution in [1.82, 2.24) is 9.80 Å². The van der Waals surface area contributed by atoms with Gasteiger partial charge in [-0.2, -0.15) is 0 Å². The zero-order chi connectivity index (χ0) is 12.8. The van der Waals surface area contributed by atoms with Crippen LogP contribution in [0.2, 0.25) is 0 Å². The molecule has 1 fully saturated rings. The maximum absolute atomic E-state index is 11.9. The monoisotopic (exact) mass is 241 g/mol. The number of carbonyl (C=O) groups is 2. The predicted octanol–water partition coefficient (Wildman–Crippen LogP) is 0.195. The Kier molecular flexibility index (Phi) is 5.41. The van der Waals surface area contributed by atoms with Crippen LogP contribution >= 0.6 is 0 Å². The smallest absolute Gasteiger partial charge is 0.224 e. The van der Waals surface area contributed by atoms with Gasteiger partial charge in [0, 0.05) is 45.6 Å². The minimum atomic E-state index is -0.0293. The fourth-order valence-electron chi connectivity index (χ4n) is 2.10. The molecule has 0 saturated carbocycles. The highest BCUT2D eigenvalue weighted by Gasteiger charge is 2.23. The van der Waals surface area contributed by atoms with Crippen molar-refractivity contribution in [3.63, 3.8) is 0 Å². The second-order valence-electron chi connectivity index (χ2n) is 4.64. The van der Waals surface area contributed by atoms with E-state index in [4.69, 9.17) is 5.73 Å². The standard InChI is InChI=1S/C12H23N3O2/c1-3-4-11(13)9-12(17)15-7-5-14(6-8-15)10(2)16/h11H,3-9,13H2,1-2H3. The minimum Gasteiger partial charge on any atom is -0.339 e. The van der Waals surface area contributed by atoms with E-state index in [1.54, 1.807) is 11.8 Å². The molecule has 0 aliphatic carbocycles. The van der Waals surface area contributed by atoms with Crippen LogP contribution in [-0.2, 0) is 9.59 Å². The summed E-state index contributed by atoms with van der Waals surface area (Å²) in [5.41, 5.74) is 5.86. The van der Waals surface area contributed by atoms with E-state index in [0.29, 0.717) is 32.6 Å². The molecule has 1 aliphatic heterocycles. The molecule has 0 bridgehead atoms. The molecule has 2 amide bonds. The van der Waals surface area contributed by atoms with Crippen LogP contribution in [0, 0.1) is 0 Å². The van der Waals surface area contributed by atoms with Crippen LogP contribution in [0.1, 0.15) is 33.1 Å². The summed E-state index contributed by atoms with van der Waals surface area (Å²) in [7, 11) is 0. The van der Waals surface area contributed by atoms with Gasteiger partial charge in [-0.1, -0.05) is 13.3 Å². The van der Waals surface area contributed by atoms with Crippen molar-refractivity contribution in [2.24, 2.45) is 5.73 Å². The van der Waals surface area contributed by atoms with Crippen LogP contribution in [0.15, 0.2) is 0 Å². The number of rotatable bonds is 4. The summed E-state index contributed by atoms with van der Waals surface area (Å²) in [6.45, 7) is 6.19. The Morgan fingerprint density at radius 1 is 1.18 bits per heavy atom. The molecule has 5 nitrogen and oxygen atoms in total. The van der Waals surface area contributed by atoms with Crippen LogP contribution in [0.5, 0.6) is 0 Å². The molecule has 5 heteroatoms. The van der Waals surface area contributed by atoms with Crippen molar-refractivity contribution in [2.75, 3.05) is 26.2 Å². The lowest BCUT2D eigenvalue weighted by Gasteiger charge is -2.34. The number of carbonyl (C=O) groups excluding carboxylic acids is 2. The minimum absolute atomic E-state index is 0.0293. The first kappa shape index (κ1) is 14.0. The van der Waals surface area contributed by atoms with Crippen LogP contribution in [0.25, 0.3) is 0 Å². The lowest BCUT2D eigenvalue weighted by molar-refractivity contribution is -0.138. The predicted molar refractivity (Wildman–Crippen MR) is 66.3 cm³/mol. The van der Waals surface area contributed by atoms with Crippen molar-refractivity contribution in [3.8, 4) is 0 Å². The zero-order valence-corrected chi connectivity index (χ0v) is 10.8. The highest BCUT2D eigenvalue weighted by atomic mass is 16.2. The maximum atomic E-state index is 11.9. The third-order valence-corrected chi connectivity index (χ3v) is 3.17. The quantitative estimate of drug-likeness (QED) is 0.764. The largest absolute Gasteiger partial charge is 0.339 e. The Morgan fingerprint density at radius 3 is 2.18 bits per heavy atom. The summed E-state index contributed by atoms with van der Waals surface area (Å²) in [5, 5.41) is 0. The normalized spacial score (nSPS) is 18.1. The molecule has 0 aromatic carbocycles. The Hall–Kier alpha value is -1.10. The first-order chi connectivity index (χ1) is 8.04. The van der Waals surface area contributed by atoms with Crippen LogP contribution in [0.4, 0.5) is 0 Å². The Balaban J connectivity index is 2.33. The highest BCUT2D eigenvalue weighted by Crippen LogP contribution is 2.07. The van der Waals surface area contributed by atoms with Gasteiger partial charge in [0.25, 0.3) is 0 Å². The van der Waals surface area contributed by atoms with Gasteiger partial charge < -0.3 is 15.5 Å². The van der Waals surface area contributed by atoms with Gasteiger partial charge in [0.05, 0.1) is 0 Å². The van der Waals surface area contributed by atoms with Gasteiger partial charge in [0.2, 0.25) is 11.8 Å². The molecule has 1 saturated heterocycles. The number of nitrogens with two attached hydrogens (primary N) is 1. The molecular formula is C12H23N3O2. The third kappa shape index (κ3) is 4.34. The van der Waals surface area contributed by atoms with E-state index in [2.05, 4.69) is 6.92 Å². The molecule has 0 radical (unpaired) electrons.